The van der Waals surface area contributed by atoms with Crippen LogP contribution in [0.2, 0.25) is 5.02 Å². The lowest BCUT2D eigenvalue weighted by atomic mass is 9.94. The largest absolute Gasteiger partial charge is 0.496 e. The Kier molecular flexibility index (Phi) is 7.85. The van der Waals surface area contributed by atoms with Crippen molar-refractivity contribution in [1.82, 2.24) is 15.1 Å². The number of nitrogens with zero attached hydrogens (tertiary/aromatic N) is 2. The van der Waals surface area contributed by atoms with Crippen LogP contribution in [0.5, 0.6) is 5.75 Å². The molecular formula is C21H31ClN4O5. The van der Waals surface area contributed by atoms with E-state index in [0.717, 1.165) is 32.4 Å². The van der Waals surface area contributed by atoms with Crippen LogP contribution < -0.4 is 15.8 Å². The van der Waals surface area contributed by atoms with Crippen LogP contribution in [0, 0.1) is 5.92 Å². The van der Waals surface area contributed by atoms with Gasteiger partial charge in [0.2, 0.25) is 0 Å². The number of carbonyl (C=O) groups is 2. The van der Waals surface area contributed by atoms with E-state index in [4.69, 9.17) is 31.9 Å². The Morgan fingerprint density at radius 2 is 1.94 bits per heavy atom. The van der Waals surface area contributed by atoms with E-state index in [1.54, 1.807) is 13.2 Å². The van der Waals surface area contributed by atoms with Crippen LogP contribution in [0.3, 0.4) is 0 Å². The molecule has 0 saturated carbocycles. The number of ether oxygens (including phenoxy) is 2. The zero-order valence-corrected chi connectivity index (χ0v) is 18.7. The number of halogens is 1. The van der Waals surface area contributed by atoms with E-state index in [2.05, 4.69) is 10.2 Å². The van der Waals surface area contributed by atoms with Gasteiger partial charge in [0.1, 0.15) is 5.75 Å². The fourth-order valence-corrected chi connectivity index (χ4v) is 4.55. The number of nitrogens with one attached hydrogen (secondary N) is 1. The van der Waals surface area contributed by atoms with Gasteiger partial charge < -0.3 is 35.4 Å². The highest BCUT2D eigenvalue weighted by Crippen LogP contribution is 2.29. The van der Waals surface area contributed by atoms with Gasteiger partial charge in [-0.1, -0.05) is 11.6 Å². The van der Waals surface area contributed by atoms with E-state index < -0.39 is 6.09 Å². The molecule has 10 heteroatoms. The third-order valence-corrected chi connectivity index (χ3v) is 6.55. The topological polar surface area (TPSA) is 117 Å². The van der Waals surface area contributed by atoms with Crippen molar-refractivity contribution in [3.8, 4) is 5.75 Å². The van der Waals surface area contributed by atoms with Gasteiger partial charge in [-0.15, -0.1) is 0 Å². The van der Waals surface area contributed by atoms with Crippen LogP contribution in [0.1, 0.15) is 29.6 Å². The first-order valence-corrected chi connectivity index (χ1v) is 10.9. The first-order chi connectivity index (χ1) is 14.8. The van der Waals surface area contributed by atoms with Crippen LogP contribution >= 0.6 is 11.6 Å². The second kappa shape index (κ2) is 10.4. The number of rotatable bonds is 6. The summed E-state index contributed by atoms with van der Waals surface area (Å²) in [5.41, 5.74) is 6.50. The molecule has 2 fully saturated rings. The number of hydrogen-bond acceptors (Lipinski definition) is 6. The molecule has 0 spiro atoms. The smallest absolute Gasteiger partial charge is 0.407 e. The van der Waals surface area contributed by atoms with E-state index in [0.29, 0.717) is 47.6 Å². The fourth-order valence-electron chi connectivity index (χ4n) is 4.38. The summed E-state index contributed by atoms with van der Waals surface area (Å²) >= 11 is 6.10. The predicted molar refractivity (Wildman–Crippen MR) is 118 cm³/mol. The van der Waals surface area contributed by atoms with Gasteiger partial charge in [0.15, 0.2) is 0 Å². The number of hydrogen-bond donors (Lipinski definition) is 3. The third-order valence-electron chi connectivity index (χ3n) is 6.23. The second-order valence-electron chi connectivity index (χ2n) is 8.19. The summed E-state index contributed by atoms with van der Waals surface area (Å²) in [5, 5.41) is 12.5. The summed E-state index contributed by atoms with van der Waals surface area (Å²) in [5.74, 6) is 0.569. The summed E-state index contributed by atoms with van der Waals surface area (Å²) in [6, 6.07) is 2.93. The van der Waals surface area contributed by atoms with Gasteiger partial charge in [-0.2, -0.15) is 0 Å². The average Bonchev–Trinajstić information content (AvgIpc) is 2.76. The molecule has 1 aromatic rings. The van der Waals surface area contributed by atoms with E-state index in [-0.39, 0.29) is 18.1 Å². The molecule has 2 aliphatic heterocycles. The fraction of sp³-hybridized carbons (Fsp3) is 0.619. The molecule has 31 heavy (non-hydrogen) atoms. The highest BCUT2D eigenvalue weighted by atomic mass is 35.5. The molecule has 2 heterocycles. The van der Waals surface area contributed by atoms with Crippen molar-refractivity contribution in [2.75, 3.05) is 52.7 Å². The van der Waals surface area contributed by atoms with Gasteiger partial charge in [0, 0.05) is 45.9 Å². The monoisotopic (exact) mass is 454 g/mol. The molecule has 0 aliphatic carbocycles. The molecule has 2 aliphatic rings. The van der Waals surface area contributed by atoms with Gasteiger partial charge in [-0.05, 0) is 31.2 Å². The highest BCUT2D eigenvalue weighted by Gasteiger charge is 2.33. The summed E-state index contributed by atoms with van der Waals surface area (Å²) < 4.78 is 11.0. The van der Waals surface area contributed by atoms with Crippen molar-refractivity contribution in [2.24, 2.45) is 5.92 Å². The molecule has 0 radical (unpaired) electrons. The number of nitrogens with two attached hydrogens (primary N) is 1. The lowest BCUT2D eigenvalue weighted by Crippen LogP contribution is -2.55. The lowest BCUT2D eigenvalue weighted by Gasteiger charge is -2.40. The van der Waals surface area contributed by atoms with Crippen molar-refractivity contribution < 1.29 is 24.2 Å². The van der Waals surface area contributed by atoms with Crippen molar-refractivity contribution >= 4 is 29.3 Å². The van der Waals surface area contributed by atoms with Crippen LogP contribution in [0.15, 0.2) is 12.1 Å². The molecule has 0 unspecified atom stereocenters. The maximum atomic E-state index is 12.9. The number of carboxylic acid groups (broad SMARTS) is 1. The Bertz CT molecular complexity index is 800. The number of amides is 2. The lowest BCUT2D eigenvalue weighted by molar-refractivity contribution is -0.00103. The Morgan fingerprint density at radius 1 is 1.23 bits per heavy atom. The summed E-state index contributed by atoms with van der Waals surface area (Å²) in [6.07, 6.45) is 1.51. The molecule has 1 aromatic carbocycles. The van der Waals surface area contributed by atoms with Crippen molar-refractivity contribution in [1.29, 1.82) is 0 Å². The minimum atomic E-state index is -0.839. The number of benzene rings is 1. The number of carbonyl (C=O) groups excluding carboxylic acids is 1. The zero-order valence-electron chi connectivity index (χ0n) is 18.0. The molecule has 0 bridgehead atoms. The minimum absolute atomic E-state index is 0.136. The Morgan fingerprint density at radius 3 is 2.55 bits per heavy atom. The molecule has 2 atom stereocenters. The van der Waals surface area contributed by atoms with Crippen molar-refractivity contribution in [3.63, 3.8) is 0 Å². The number of nitrogen functional groups attached to an aromatic ring is 1. The van der Waals surface area contributed by atoms with Crippen LogP contribution in [0.4, 0.5) is 10.5 Å². The average molecular weight is 455 g/mol. The number of anilines is 1. The standard InChI is InChI=1S/C21H31ClN4O5/c1-30-18-10-16(23)15(22)9-14(18)20(27)24-17-5-6-25(12-19(17)31-2)11-13-3-7-26(8-4-13)21(28)29/h9-10,13,17,19H,3-8,11-12,23H2,1-2H3,(H,24,27)(H,28,29)/t17-,19+/m0/s1. The Labute approximate surface area is 187 Å². The molecule has 172 valence electrons. The van der Waals surface area contributed by atoms with E-state index in [9.17, 15) is 9.59 Å². The first kappa shape index (κ1) is 23.4. The van der Waals surface area contributed by atoms with Crippen LogP contribution in [-0.4, -0.2) is 86.0 Å². The summed E-state index contributed by atoms with van der Waals surface area (Å²) in [6.45, 7) is 3.64. The molecule has 9 nitrogen and oxygen atoms in total. The van der Waals surface area contributed by atoms with E-state index in [1.165, 1.54) is 18.1 Å². The molecular weight excluding hydrogens is 424 g/mol. The van der Waals surface area contributed by atoms with Crippen LogP contribution in [0.25, 0.3) is 0 Å². The number of likely N-dealkylation sites (tertiary alicyclic amines) is 2. The molecule has 2 amide bonds. The third kappa shape index (κ3) is 5.72. The van der Waals surface area contributed by atoms with Crippen molar-refractivity contribution in [2.45, 2.75) is 31.4 Å². The molecule has 4 N–H and O–H groups in total. The molecule has 3 rings (SSSR count). The van der Waals surface area contributed by atoms with Gasteiger partial charge >= 0.3 is 6.09 Å². The van der Waals surface area contributed by atoms with Gasteiger partial charge in [-0.25, -0.2) is 4.79 Å². The normalized spacial score (nSPS) is 22.9. The van der Waals surface area contributed by atoms with Crippen LogP contribution in [-0.2, 0) is 4.74 Å². The quantitative estimate of drug-likeness (QED) is 0.563. The second-order valence-corrected chi connectivity index (χ2v) is 8.60. The van der Waals surface area contributed by atoms with E-state index >= 15 is 0 Å². The first-order valence-electron chi connectivity index (χ1n) is 10.5. The summed E-state index contributed by atoms with van der Waals surface area (Å²) in [7, 11) is 3.14. The van der Waals surface area contributed by atoms with E-state index in [1.807, 2.05) is 0 Å². The summed E-state index contributed by atoms with van der Waals surface area (Å²) in [4.78, 5) is 27.8. The molecule has 0 aromatic heterocycles. The van der Waals surface area contributed by atoms with Gasteiger partial charge in [0.05, 0.1) is 35.5 Å². The Balaban J connectivity index is 1.56. The maximum absolute atomic E-state index is 12.9. The van der Waals surface area contributed by atoms with Gasteiger partial charge in [-0.3, -0.25) is 4.79 Å². The SMILES string of the molecule is COc1cc(N)c(Cl)cc1C(=O)N[C@H]1CCN(CC2CCN(C(=O)O)CC2)C[C@H]1OC. The minimum Gasteiger partial charge on any atom is -0.496 e. The Hall–Kier alpha value is -2.23. The van der Waals surface area contributed by atoms with Crippen molar-refractivity contribution in [3.05, 3.63) is 22.7 Å². The number of methoxy groups -OCH3 is 2. The number of piperidine rings is 2. The van der Waals surface area contributed by atoms with Gasteiger partial charge in [0.25, 0.3) is 5.91 Å². The predicted octanol–water partition coefficient (Wildman–Crippen LogP) is 2.14. The highest BCUT2D eigenvalue weighted by molar-refractivity contribution is 6.33. The maximum Gasteiger partial charge on any atom is 0.407 e. The zero-order chi connectivity index (χ0) is 22.5. The molecule has 2 saturated heterocycles.